The lowest BCUT2D eigenvalue weighted by molar-refractivity contribution is -0.137. The van der Waals surface area contributed by atoms with Crippen LogP contribution in [0.25, 0.3) is 0 Å². The molecule has 1 atom stereocenters. The van der Waals surface area contributed by atoms with Gasteiger partial charge in [0.1, 0.15) is 0 Å². The number of rotatable bonds is 7. The Morgan fingerprint density at radius 1 is 1.16 bits per heavy atom. The Morgan fingerprint density at radius 3 is 2.11 bits per heavy atom. The van der Waals surface area contributed by atoms with E-state index in [-0.39, 0.29) is 23.2 Å². The van der Waals surface area contributed by atoms with Gasteiger partial charge in [-0.2, -0.15) is 0 Å². The van der Waals surface area contributed by atoms with E-state index >= 15 is 0 Å². The number of nitrogens with two attached hydrogens (primary N) is 1. The van der Waals surface area contributed by atoms with Gasteiger partial charge in [-0.1, -0.05) is 34.6 Å². The van der Waals surface area contributed by atoms with Crippen molar-refractivity contribution in [3.63, 3.8) is 0 Å². The summed E-state index contributed by atoms with van der Waals surface area (Å²) in [5, 5.41) is 11.5. The monoisotopic (exact) mass is 272 g/mol. The third kappa shape index (κ3) is 7.82. The first-order chi connectivity index (χ1) is 8.46. The standard InChI is InChI=1S/C14H28N2O3/c1-13(2,3)11(15)12(19)16-9-8-14(4,5)7-6-10(17)18/h11H,6-9,15H2,1-5H3,(H,16,19)(H,17,18). The van der Waals surface area contributed by atoms with Crippen molar-refractivity contribution in [2.75, 3.05) is 6.54 Å². The molecule has 0 aliphatic carbocycles. The minimum atomic E-state index is -0.785. The average Bonchev–Trinajstić information content (AvgIpc) is 2.24. The third-order valence-corrected chi connectivity index (χ3v) is 3.33. The molecule has 19 heavy (non-hydrogen) atoms. The van der Waals surface area contributed by atoms with Gasteiger partial charge in [-0.3, -0.25) is 9.59 Å². The zero-order chi connectivity index (χ0) is 15.3. The summed E-state index contributed by atoms with van der Waals surface area (Å²) < 4.78 is 0. The second-order valence-electron chi connectivity index (χ2n) is 6.94. The Kier molecular flexibility index (Phi) is 6.49. The fourth-order valence-electron chi connectivity index (χ4n) is 1.60. The average molecular weight is 272 g/mol. The van der Waals surface area contributed by atoms with Crippen molar-refractivity contribution in [1.82, 2.24) is 5.32 Å². The Morgan fingerprint density at radius 2 is 1.68 bits per heavy atom. The molecule has 5 nitrogen and oxygen atoms in total. The van der Waals surface area contributed by atoms with Crippen LogP contribution in [0.2, 0.25) is 0 Å². The minimum absolute atomic E-state index is 0.0997. The highest BCUT2D eigenvalue weighted by Crippen LogP contribution is 2.26. The van der Waals surface area contributed by atoms with Crippen LogP contribution in [0.1, 0.15) is 53.9 Å². The van der Waals surface area contributed by atoms with E-state index in [1.54, 1.807) is 0 Å². The summed E-state index contributed by atoms with van der Waals surface area (Å²) >= 11 is 0. The van der Waals surface area contributed by atoms with Crippen molar-refractivity contribution in [1.29, 1.82) is 0 Å². The Labute approximate surface area is 115 Å². The molecule has 1 unspecified atom stereocenters. The number of nitrogens with one attached hydrogen (secondary N) is 1. The summed E-state index contributed by atoms with van der Waals surface area (Å²) in [4.78, 5) is 22.4. The summed E-state index contributed by atoms with van der Waals surface area (Å²) in [6.07, 6.45) is 1.49. The van der Waals surface area contributed by atoms with Crippen LogP contribution in [0.5, 0.6) is 0 Å². The zero-order valence-electron chi connectivity index (χ0n) is 12.7. The number of carboxylic acids is 1. The molecule has 4 N–H and O–H groups in total. The van der Waals surface area contributed by atoms with E-state index in [2.05, 4.69) is 5.32 Å². The zero-order valence-corrected chi connectivity index (χ0v) is 12.7. The van der Waals surface area contributed by atoms with Crippen LogP contribution in [0.4, 0.5) is 0 Å². The molecule has 5 heteroatoms. The highest BCUT2D eigenvalue weighted by molar-refractivity contribution is 5.82. The minimum Gasteiger partial charge on any atom is -0.481 e. The van der Waals surface area contributed by atoms with Gasteiger partial charge in [0, 0.05) is 13.0 Å². The fourth-order valence-corrected chi connectivity index (χ4v) is 1.60. The van der Waals surface area contributed by atoms with Gasteiger partial charge in [-0.15, -0.1) is 0 Å². The number of hydrogen-bond acceptors (Lipinski definition) is 3. The SMILES string of the molecule is CC(C)(CCNC(=O)C(N)C(C)(C)C)CCC(=O)O. The normalized spacial score (nSPS) is 14.0. The second kappa shape index (κ2) is 6.89. The van der Waals surface area contributed by atoms with Crippen molar-refractivity contribution < 1.29 is 14.7 Å². The Bertz CT molecular complexity index is 319. The molecule has 1 amide bonds. The topological polar surface area (TPSA) is 92.4 Å². The molecule has 0 spiro atoms. The molecule has 0 aliphatic rings. The number of hydrogen-bond donors (Lipinski definition) is 3. The van der Waals surface area contributed by atoms with E-state index < -0.39 is 12.0 Å². The number of carbonyl (C=O) groups is 2. The van der Waals surface area contributed by atoms with Gasteiger partial charge in [0.05, 0.1) is 6.04 Å². The molecule has 0 heterocycles. The summed E-state index contributed by atoms with van der Waals surface area (Å²) in [7, 11) is 0. The summed E-state index contributed by atoms with van der Waals surface area (Å²) in [5.74, 6) is -0.937. The highest BCUT2D eigenvalue weighted by Gasteiger charge is 2.27. The number of carboxylic acid groups (broad SMARTS) is 1. The molecule has 0 rings (SSSR count). The lowest BCUT2D eigenvalue weighted by atomic mass is 9.84. The molecule has 0 saturated heterocycles. The maximum absolute atomic E-state index is 11.8. The number of amides is 1. The van der Waals surface area contributed by atoms with Crippen LogP contribution < -0.4 is 11.1 Å². The van der Waals surface area contributed by atoms with Gasteiger partial charge in [0.15, 0.2) is 0 Å². The van der Waals surface area contributed by atoms with E-state index in [1.165, 1.54) is 0 Å². The van der Waals surface area contributed by atoms with Gasteiger partial charge < -0.3 is 16.2 Å². The van der Waals surface area contributed by atoms with Gasteiger partial charge in [-0.05, 0) is 23.7 Å². The predicted octanol–water partition coefficient (Wildman–Crippen LogP) is 1.76. The van der Waals surface area contributed by atoms with E-state index in [1.807, 2.05) is 34.6 Å². The first-order valence-electron chi connectivity index (χ1n) is 6.71. The van der Waals surface area contributed by atoms with Crippen molar-refractivity contribution in [2.24, 2.45) is 16.6 Å². The Hall–Kier alpha value is -1.10. The molecule has 112 valence electrons. The first-order valence-corrected chi connectivity index (χ1v) is 6.71. The van der Waals surface area contributed by atoms with Gasteiger partial charge in [0.25, 0.3) is 0 Å². The van der Waals surface area contributed by atoms with E-state index in [4.69, 9.17) is 10.8 Å². The van der Waals surface area contributed by atoms with Gasteiger partial charge in [0.2, 0.25) is 5.91 Å². The molecule has 0 bridgehead atoms. The summed E-state index contributed by atoms with van der Waals surface area (Å²) in [6.45, 7) is 10.3. The largest absolute Gasteiger partial charge is 0.481 e. The van der Waals surface area contributed by atoms with Crippen LogP contribution in [0, 0.1) is 10.8 Å². The van der Waals surface area contributed by atoms with E-state index in [0.29, 0.717) is 13.0 Å². The predicted molar refractivity (Wildman–Crippen MR) is 75.7 cm³/mol. The van der Waals surface area contributed by atoms with Crippen LogP contribution in [0.3, 0.4) is 0 Å². The van der Waals surface area contributed by atoms with Crippen LogP contribution >= 0.6 is 0 Å². The number of aliphatic carboxylic acids is 1. The maximum atomic E-state index is 11.8. The second-order valence-corrected chi connectivity index (χ2v) is 6.94. The van der Waals surface area contributed by atoms with Crippen molar-refractivity contribution in [3.05, 3.63) is 0 Å². The molecule has 0 radical (unpaired) electrons. The van der Waals surface area contributed by atoms with E-state index in [9.17, 15) is 9.59 Å². The smallest absolute Gasteiger partial charge is 0.303 e. The molecule has 0 aromatic carbocycles. The third-order valence-electron chi connectivity index (χ3n) is 3.33. The lowest BCUT2D eigenvalue weighted by Gasteiger charge is -2.27. The fraction of sp³-hybridized carbons (Fsp3) is 0.857. The highest BCUT2D eigenvalue weighted by atomic mass is 16.4. The van der Waals surface area contributed by atoms with Crippen LogP contribution in [-0.2, 0) is 9.59 Å². The summed E-state index contributed by atoms with van der Waals surface area (Å²) in [5.41, 5.74) is 5.49. The molecule has 0 fully saturated rings. The molecule has 0 aliphatic heterocycles. The molecule has 0 saturated carbocycles. The molecule has 0 aromatic rings. The Balaban J connectivity index is 4.08. The van der Waals surface area contributed by atoms with Gasteiger partial charge in [-0.25, -0.2) is 0 Å². The molecular formula is C14H28N2O3. The maximum Gasteiger partial charge on any atom is 0.303 e. The quantitative estimate of drug-likeness (QED) is 0.658. The lowest BCUT2D eigenvalue weighted by Crippen LogP contribution is -2.49. The van der Waals surface area contributed by atoms with E-state index in [0.717, 1.165) is 6.42 Å². The number of carbonyl (C=O) groups excluding carboxylic acids is 1. The molecule has 0 aromatic heterocycles. The van der Waals surface area contributed by atoms with Crippen molar-refractivity contribution in [2.45, 2.75) is 59.9 Å². The first kappa shape index (κ1) is 17.9. The van der Waals surface area contributed by atoms with Crippen LogP contribution in [0.15, 0.2) is 0 Å². The summed E-state index contributed by atoms with van der Waals surface area (Å²) in [6, 6.07) is -0.533. The van der Waals surface area contributed by atoms with Gasteiger partial charge >= 0.3 is 5.97 Å². The molecular weight excluding hydrogens is 244 g/mol. The van der Waals surface area contributed by atoms with Crippen LogP contribution in [-0.4, -0.2) is 29.6 Å². The van der Waals surface area contributed by atoms with Crippen molar-refractivity contribution in [3.8, 4) is 0 Å². The van der Waals surface area contributed by atoms with Crippen molar-refractivity contribution >= 4 is 11.9 Å².